The van der Waals surface area contributed by atoms with Crippen molar-refractivity contribution in [3.05, 3.63) is 59.2 Å². The number of ether oxygens (including phenoxy) is 3. The van der Waals surface area contributed by atoms with Crippen LogP contribution in [-0.2, 0) is 0 Å². The standard InChI is InChI=1S/C18H14F2O4/c1-22-13-6-7-16-14(9-13)17(21)12(10-23-16)8-11-4-2-3-5-15(11)24-18(19)20/h2-9,18H,10H2,1H3/b12-8+. The summed E-state index contributed by atoms with van der Waals surface area (Å²) < 4.78 is 40.1. The van der Waals surface area contributed by atoms with Gasteiger partial charge in [0.2, 0.25) is 0 Å². The number of carbonyl (C=O) groups excluding carboxylic acids is 1. The summed E-state index contributed by atoms with van der Waals surface area (Å²) in [4.78, 5) is 12.6. The third-order valence-corrected chi connectivity index (χ3v) is 3.57. The molecular weight excluding hydrogens is 318 g/mol. The number of methoxy groups -OCH3 is 1. The average Bonchev–Trinajstić information content (AvgIpc) is 2.58. The van der Waals surface area contributed by atoms with Crippen molar-refractivity contribution >= 4 is 11.9 Å². The van der Waals surface area contributed by atoms with Crippen LogP contribution in [-0.4, -0.2) is 26.1 Å². The number of para-hydroxylation sites is 1. The lowest BCUT2D eigenvalue weighted by molar-refractivity contribution is -0.0499. The molecule has 0 saturated carbocycles. The smallest absolute Gasteiger partial charge is 0.387 e. The Morgan fingerprint density at radius 2 is 2.00 bits per heavy atom. The van der Waals surface area contributed by atoms with Crippen LogP contribution < -0.4 is 14.2 Å². The first kappa shape index (κ1) is 16.0. The van der Waals surface area contributed by atoms with Gasteiger partial charge >= 0.3 is 6.61 Å². The number of rotatable bonds is 4. The molecule has 24 heavy (non-hydrogen) atoms. The third-order valence-electron chi connectivity index (χ3n) is 3.57. The van der Waals surface area contributed by atoms with Crippen LogP contribution in [0.4, 0.5) is 8.78 Å². The van der Waals surface area contributed by atoms with Gasteiger partial charge in [0, 0.05) is 11.1 Å². The van der Waals surface area contributed by atoms with Gasteiger partial charge in [-0.2, -0.15) is 8.78 Å². The first-order valence-electron chi connectivity index (χ1n) is 7.18. The normalized spacial score (nSPS) is 15.2. The van der Waals surface area contributed by atoms with Gasteiger partial charge in [-0.3, -0.25) is 4.79 Å². The first-order valence-corrected chi connectivity index (χ1v) is 7.18. The lowest BCUT2D eigenvalue weighted by atomic mass is 9.98. The molecule has 1 heterocycles. The largest absolute Gasteiger partial charge is 0.497 e. The molecule has 0 saturated heterocycles. The van der Waals surface area contributed by atoms with E-state index in [-0.39, 0.29) is 18.1 Å². The zero-order valence-electron chi connectivity index (χ0n) is 12.8. The van der Waals surface area contributed by atoms with Crippen molar-refractivity contribution in [1.82, 2.24) is 0 Å². The van der Waals surface area contributed by atoms with Crippen molar-refractivity contribution in [2.75, 3.05) is 13.7 Å². The molecular formula is C18H14F2O4. The number of hydrogen-bond acceptors (Lipinski definition) is 4. The van der Waals surface area contributed by atoms with E-state index < -0.39 is 6.61 Å². The molecule has 0 spiro atoms. The molecule has 2 aromatic carbocycles. The summed E-state index contributed by atoms with van der Waals surface area (Å²) in [6.45, 7) is -2.88. The molecule has 3 rings (SSSR count). The second kappa shape index (κ2) is 6.70. The lowest BCUT2D eigenvalue weighted by Crippen LogP contribution is -2.19. The Morgan fingerprint density at radius 3 is 2.75 bits per heavy atom. The number of benzene rings is 2. The van der Waals surface area contributed by atoms with Gasteiger partial charge in [0.15, 0.2) is 5.78 Å². The Hall–Kier alpha value is -2.89. The first-order chi connectivity index (χ1) is 11.6. The van der Waals surface area contributed by atoms with Gasteiger partial charge in [0.1, 0.15) is 23.9 Å². The van der Waals surface area contributed by atoms with E-state index in [1.165, 1.54) is 19.3 Å². The Kier molecular flexibility index (Phi) is 4.46. The highest BCUT2D eigenvalue weighted by atomic mass is 19.3. The molecule has 6 heteroatoms. The molecule has 0 bridgehead atoms. The van der Waals surface area contributed by atoms with E-state index in [1.54, 1.807) is 36.4 Å². The van der Waals surface area contributed by atoms with Gasteiger partial charge in [-0.1, -0.05) is 18.2 Å². The highest BCUT2D eigenvalue weighted by Gasteiger charge is 2.24. The van der Waals surface area contributed by atoms with Crippen LogP contribution in [0.3, 0.4) is 0 Å². The highest BCUT2D eigenvalue weighted by molar-refractivity contribution is 6.14. The monoisotopic (exact) mass is 332 g/mol. The minimum atomic E-state index is -2.94. The topological polar surface area (TPSA) is 44.8 Å². The SMILES string of the molecule is COc1ccc2c(c1)C(=O)/C(=C/c1ccccc1OC(F)F)CO2. The molecule has 0 radical (unpaired) electrons. The van der Waals surface area contributed by atoms with E-state index in [0.717, 1.165) is 0 Å². The van der Waals surface area contributed by atoms with Crippen molar-refractivity contribution in [3.63, 3.8) is 0 Å². The van der Waals surface area contributed by atoms with Crippen LogP contribution in [0.2, 0.25) is 0 Å². The quantitative estimate of drug-likeness (QED) is 0.795. The fraction of sp³-hybridized carbons (Fsp3) is 0.167. The number of Topliss-reactive ketones (excluding diaryl/α,β-unsaturated/α-hetero) is 1. The summed E-state index contributed by atoms with van der Waals surface area (Å²) >= 11 is 0. The minimum Gasteiger partial charge on any atom is -0.497 e. The van der Waals surface area contributed by atoms with Crippen molar-refractivity contribution in [3.8, 4) is 17.2 Å². The molecule has 4 nitrogen and oxygen atoms in total. The molecule has 0 unspecified atom stereocenters. The number of fused-ring (bicyclic) bond motifs is 1. The molecule has 2 aromatic rings. The van der Waals surface area contributed by atoms with Gasteiger partial charge in [0.25, 0.3) is 0 Å². The summed E-state index contributed by atoms with van der Waals surface area (Å²) in [5.41, 5.74) is 1.11. The van der Waals surface area contributed by atoms with Gasteiger partial charge < -0.3 is 14.2 Å². The molecule has 124 valence electrons. The van der Waals surface area contributed by atoms with Gasteiger partial charge in [-0.05, 0) is 30.3 Å². The predicted molar refractivity (Wildman–Crippen MR) is 83.9 cm³/mol. The second-order valence-corrected chi connectivity index (χ2v) is 5.07. The zero-order chi connectivity index (χ0) is 17.1. The number of ketones is 1. The zero-order valence-corrected chi connectivity index (χ0v) is 12.8. The molecule has 0 aromatic heterocycles. The van der Waals surface area contributed by atoms with E-state index in [1.807, 2.05) is 0 Å². The fourth-order valence-corrected chi connectivity index (χ4v) is 2.43. The van der Waals surface area contributed by atoms with E-state index in [4.69, 9.17) is 9.47 Å². The molecule has 0 N–H and O–H groups in total. The Morgan fingerprint density at radius 1 is 1.21 bits per heavy atom. The van der Waals surface area contributed by atoms with Crippen molar-refractivity contribution < 1.29 is 27.8 Å². The van der Waals surface area contributed by atoms with E-state index in [9.17, 15) is 13.6 Å². The fourth-order valence-electron chi connectivity index (χ4n) is 2.43. The molecule has 0 aliphatic carbocycles. The predicted octanol–water partition coefficient (Wildman–Crippen LogP) is 3.96. The van der Waals surface area contributed by atoms with Gasteiger partial charge in [-0.25, -0.2) is 0 Å². The number of alkyl halides is 2. The van der Waals surface area contributed by atoms with Crippen LogP contribution in [0.25, 0.3) is 6.08 Å². The molecule has 0 atom stereocenters. The summed E-state index contributed by atoms with van der Waals surface area (Å²) in [5, 5.41) is 0. The summed E-state index contributed by atoms with van der Waals surface area (Å²) in [6, 6.07) is 11.2. The maximum absolute atomic E-state index is 12.6. The number of halogens is 2. The van der Waals surface area contributed by atoms with Crippen molar-refractivity contribution in [2.24, 2.45) is 0 Å². The third kappa shape index (κ3) is 3.22. The minimum absolute atomic E-state index is 0.00393. The lowest BCUT2D eigenvalue weighted by Gasteiger charge is -2.19. The summed E-state index contributed by atoms with van der Waals surface area (Å²) in [6.07, 6.45) is 1.50. The van der Waals surface area contributed by atoms with Crippen LogP contribution in [0.15, 0.2) is 48.0 Å². The summed E-state index contributed by atoms with van der Waals surface area (Å²) in [5.74, 6) is 0.773. The maximum Gasteiger partial charge on any atom is 0.387 e. The molecule has 0 fully saturated rings. The van der Waals surface area contributed by atoms with E-state index >= 15 is 0 Å². The summed E-state index contributed by atoms with van der Waals surface area (Å²) in [7, 11) is 1.50. The molecule has 0 amide bonds. The van der Waals surface area contributed by atoms with Crippen LogP contribution >= 0.6 is 0 Å². The Labute approximate surface area is 137 Å². The van der Waals surface area contributed by atoms with Gasteiger partial charge in [-0.15, -0.1) is 0 Å². The second-order valence-electron chi connectivity index (χ2n) is 5.07. The Balaban J connectivity index is 1.96. The van der Waals surface area contributed by atoms with Crippen molar-refractivity contribution in [2.45, 2.75) is 6.61 Å². The molecule has 1 aliphatic rings. The van der Waals surface area contributed by atoms with Crippen LogP contribution in [0, 0.1) is 0 Å². The number of hydrogen-bond donors (Lipinski definition) is 0. The highest BCUT2D eigenvalue weighted by Crippen LogP contribution is 2.32. The molecule has 1 aliphatic heterocycles. The Bertz CT molecular complexity index is 799. The number of carbonyl (C=O) groups is 1. The van der Waals surface area contributed by atoms with Crippen molar-refractivity contribution in [1.29, 1.82) is 0 Å². The maximum atomic E-state index is 12.6. The van der Waals surface area contributed by atoms with Gasteiger partial charge in [0.05, 0.1) is 12.7 Å². The average molecular weight is 332 g/mol. The van der Waals surface area contributed by atoms with Crippen LogP contribution in [0.5, 0.6) is 17.2 Å². The van der Waals surface area contributed by atoms with E-state index in [0.29, 0.717) is 28.2 Å². The van der Waals surface area contributed by atoms with E-state index in [2.05, 4.69) is 4.74 Å². The van der Waals surface area contributed by atoms with Crippen LogP contribution in [0.1, 0.15) is 15.9 Å².